The molecule has 65 heavy (non-hydrogen) atoms. The third-order valence-electron chi connectivity index (χ3n) is 12.0. The molecular formula is C56H97NO8. The molecule has 1 aliphatic heterocycles. The van der Waals surface area contributed by atoms with Crippen molar-refractivity contribution in [3.8, 4) is 0 Å². The molecule has 6 N–H and O–H groups in total. The third kappa shape index (κ3) is 35.2. The highest BCUT2D eigenvalue weighted by Gasteiger charge is 2.44. The van der Waals surface area contributed by atoms with Crippen LogP contribution < -0.4 is 5.32 Å². The van der Waals surface area contributed by atoms with Crippen LogP contribution in [-0.4, -0.2) is 87.5 Å². The van der Waals surface area contributed by atoms with E-state index in [2.05, 4.69) is 92.1 Å². The van der Waals surface area contributed by atoms with Crippen LogP contribution in [0.25, 0.3) is 0 Å². The number of carbonyl (C=O) groups excluding carboxylic acids is 1. The van der Waals surface area contributed by atoms with Crippen LogP contribution in [0.4, 0.5) is 0 Å². The zero-order chi connectivity index (χ0) is 47.3. The minimum atomic E-state index is -1.57. The van der Waals surface area contributed by atoms with Crippen molar-refractivity contribution in [2.75, 3.05) is 13.2 Å². The first-order chi connectivity index (χ1) is 31.8. The molecule has 1 amide bonds. The van der Waals surface area contributed by atoms with Crippen molar-refractivity contribution in [3.05, 3.63) is 85.1 Å². The smallest absolute Gasteiger partial charge is 0.220 e. The van der Waals surface area contributed by atoms with Gasteiger partial charge in [-0.25, -0.2) is 0 Å². The Morgan fingerprint density at radius 2 is 0.954 bits per heavy atom. The summed E-state index contributed by atoms with van der Waals surface area (Å²) in [5, 5.41) is 54.3. The third-order valence-corrected chi connectivity index (χ3v) is 12.0. The first-order valence-corrected chi connectivity index (χ1v) is 26.3. The Morgan fingerprint density at radius 1 is 0.538 bits per heavy atom. The van der Waals surface area contributed by atoms with Crippen LogP contribution in [0.1, 0.15) is 206 Å². The molecule has 7 atom stereocenters. The second-order valence-corrected chi connectivity index (χ2v) is 17.9. The van der Waals surface area contributed by atoms with Gasteiger partial charge in [0.2, 0.25) is 5.91 Å². The van der Waals surface area contributed by atoms with E-state index in [0.717, 1.165) is 83.5 Å². The number of amides is 1. The molecule has 1 aliphatic rings. The first kappa shape index (κ1) is 60.4. The summed E-state index contributed by atoms with van der Waals surface area (Å²) in [6.45, 7) is 3.64. The number of unbranched alkanes of at least 4 members (excludes halogenated alkanes) is 21. The molecule has 0 saturated carbocycles. The van der Waals surface area contributed by atoms with E-state index in [1.165, 1.54) is 103 Å². The monoisotopic (exact) mass is 912 g/mol. The molecule has 1 heterocycles. The number of nitrogens with one attached hydrogen (secondary N) is 1. The Hall–Kier alpha value is -2.63. The van der Waals surface area contributed by atoms with Crippen molar-refractivity contribution in [3.63, 3.8) is 0 Å². The van der Waals surface area contributed by atoms with E-state index in [4.69, 9.17) is 9.47 Å². The summed E-state index contributed by atoms with van der Waals surface area (Å²) in [6.07, 6.45) is 56.3. The number of ether oxygens (including phenoxy) is 2. The molecule has 0 aromatic rings. The summed E-state index contributed by atoms with van der Waals surface area (Å²) in [7, 11) is 0. The summed E-state index contributed by atoms with van der Waals surface area (Å²) >= 11 is 0. The largest absolute Gasteiger partial charge is 0.394 e. The van der Waals surface area contributed by atoms with Crippen LogP contribution in [0.3, 0.4) is 0 Å². The lowest BCUT2D eigenvalue weighted by molar-refractivity contribution is -0.302. The second kappa shape index (κ2) is 45.2. The fourth-order valence-corrected chi connectivity index (χ4v) is 7.81. The van der Waals surface area contributed by atoms with Crippen molar-refractivity contribution < 1.29 is 39.8 Å². The first-order valence-electron chi connectivity index (χ1n) is 26.3. The molecule has 0 aromatic heterocycles. The minimum absolute atomic E-state index is 0.186. The maximum atomic E-state index is 13.0. The minimum Gasteiger partial charge on any atom is -0.394 e. The van der Waals surface area contributed by atoms with E-state index in [1.807, 2.05) is 6.08 Å². The lowest BCUT2D eigenvalue weighted by Crippen LogP contribution is -2.60. The zero-order valence-corrected chi connectivity index (χ0v) is 41.2. The molecule has 9 nitrogen and oxygen atoms in total. The van der Waals surface area contributed by atoms with Gasteiger partial charge in [0.1, 0.15) is 24.4 Å². The summed E-state index contributed by atoms with van der Waals surface area (Å²) in [6, 6.07) is -0.811. The number of hydrogen-bond donors (Lipinski definition) is 6. The van der Waals surface area contributed by atoms with Crippen molar-refractivity contribution in [2.45, 2.75) is 249 Å². The fourth-order valence-electron chi connectivity index (χ4n) is 7.81. The Bertz CT molecular complexity index is 1290. The van der Waals surface area contributed by atoms with Crippen molar-refractivity contribution in [1.82, 2.24) is 5.32 Å². The van der Waals surface area contributed by atoms with E-state index >= 15 is 0 Å². The second-order valence-electron chi connectivity index (χ2n) is 17.9. The summed E-state index contributed by atoms with van der Waals surface area (Å²) < 4.78 is 11.2. The molecule has 9 heteroatoms. The summed E-state index contributed by atoms with van der Waals surface area (Å²) in [4.78, 5) is 13.0. The number of allylic oxidation sites excluding steroid dienone is 13. The summed E-state index contributed by atoms with van der Waals surface area (Å²) in [5.74, 6) is -0.186. The molecular weight excluding hydrogens is 815 g/mol. The number of aliphatic hydroxyl groups excluding tert-OH is 5. The zero-order valence-electron chi connectivity index (χ0n) is 41.2. The predicted octanol–water partition coefficient (Wildman–Crippen LogP) is 12.3. The lowest BCUT2D eigenvalue weighted by Gasteiger charge is -2.40. The molecule has 1 fully saturated rings. The van der Waals surface area contributed by atoms with Gasteiger partial charge in [0.25, 0.3) is 0 Å². The average Bonchev–Trinajstić information content (AvgIpc) is 3.31. The molecule has 1 rings (SSSR count). The summed E-state index contributed by atoms with van der Waals surface area (Å²) in [5.41, 5.74) is 0. The maximum absolute atomic E-state index is 13.0. The topological polar surface area (TPSA) is 149 Å². The molecule has 0 bridgehead atoms. The van der Waals surface area contributed by atoms with Crippen LogP contribution in [0.5, 0.6) is 0 Å². The van der Waals surface area contributed by atoms with E-state index in [1.54, 1.807) is 6.08 Å². The van der Waals surface area contributed by atoms with E-state index in [9.17, 15) is 30.3 Å². The van der Waals surface area contributed by atoms with Gasteiger partial charge in [-0.1, -0.05) is 214 Å². The molecule has 0 aromatic carbocycles. The van der Waals surface area contributed by atoms with Crippen LogP contribution in [0, 0.1) is 0 Å². The number of carbonyl (C=O) groups is 1. The maximum Gasteiger partial charge on any atom is 0.220 e. The predicted molar refractivity (Wildman–Crippen MR) is 271 cm³/mol. The molecule has 0 aliphatic carbocycles. The van der Waals surface area contributed by atoms with Gasteiger partial charge >= 0.3 is 0 Å². The Morgan fingerprint density at radius 3 is 1.42 bits per heavy atom. The molecule has 374 valence electrons. The number of hydrogen-bond acceptors (Lipinski definition) is 8. The van der Waals surface area contributed by atoms with Gasteiger partial charge in [0.15, 0.2) is 6.29 Å². The highest BCUT2D eigenvalue weighted by atomic mass is 16.7. The lowest BCUT2D eigenvalue weighted by atomic mass is 9.99. The molecule has 0 radical (unpaired) electrons. The fraction of sp³-hybridized carbons (Fsp3) is 0.732. The molecule has 1 saturated heterocycles. The molecule has 7 unspecified atom stereocenters. The molecule has 0 spiro atoms. The van der Waals surface area contributed by atoms with Crippen LogP contribution in [0.2, 0.25) is 0 Å². The van der Waals surface area contributed by atoms with Crippen molar-refractivity contribution in [1.29, 1.82) is 0 Å². The van der Waals surface area contributed by atoms with Gasteiger partial charge in [-0.15, -0.1) is 0 Å². The SMILES string of the molecule is CC/C=C\C/C=C\C/C=C\C/C=C\C/C=C\C/C=C\CCCCCCCCCCCCC(=O)NC(COC1OC(CO)C(O)C(O)C1O)C(O)/C=C/CCCCCCCCCCCCC. The quantitative estimate of drug-likeness (QED) is 0.0262. The standard InChI is InChI=1S/C56H97NO8/c1-3-5-7-9-11-13-15-17-18-19-20-21-22-23-24-25-26-27-28-29-30-31-32-34-36-38-40-42-44-46-52(60)57-49(48-64-56-55(63)54(62)53(61)51(47-58)65-56)50(59)45-43-41-39-37-35-33-16-14-12-10-8-6-4-2/h5,7,11,13,17-18,20-21,23-24,26-27,43,45,49-51,53-56,58-59,61-63H,3-4,6,8-10,12,14-16,19,22,25,28-42,44,46-48H2,1-2H3,(H,57,60)/b7-5-,13-11-,18-17-,21-20-,24-23-,27-26-,45-43+. The highest BCUT2D eigenvalue weighted by molar-refractivity contribution is 5.76. The van der Waals surface area contributed by atoms with Gasteiger partial charge in [-0.05, 0) is 70.6 Å². The van der Waals surface area contributed by atoms with Gasteiger partial charge in [0.05, 0.1) is 25.4 Å². The van der Waals surface area contributed by atoms with Gasteiger partial charge in [-0.2, -0.15) is 0 Å². The van der Waals surface area contributed by atoms with E-state index in [-0.39, 0.29) is 12.5 Å². The highest BCUT2D eigenvalue weighted by Crippen LogP contribution is 2.23. The normalized spacial score (nSPS) is 20.6. The van der Waals surface area contributed by atoms with Gasteiger partial charge in [-0.3, -0.25) is 4.79 Å². The number of rotatable bonds is 43. The van der Waals surface area contributed by atoms with Crippen LogP contribution in [-0.2, 0) is 14.3 Å². The average molecular weight is 912 g/mol. The van der Waals surface area contributed by atoms with Crippen LogP contribution >= 0.6 is 0 Å². The van der Waals surface area contributed by atoms with Crippen molar-refractivity contribution in [2.24, 2.45) is 0 Å². The Labute approximate surface area is 397 Å². The van der Waals surface area contributed by atoms with Gasteiger partial charge in [0, 0.05) is 6.42 Å². The number of aliphatic hydroxyl groups is 5. The van der Waals surface area contributed by atoms with E-state index in [0.29, 0.717) is 6.42 Å². The van der Waals surface area contributed by atoms with Crippen LogP contribution in [0.15, 0.2) is 85.1 Å². The van der Waals surface area contributed by atoms with Gasteiger partial charge < -0.3 is 40.3 Å². The van der Waals surface area contributed by atoms with E-state index < -0.39 is 49.5 Å². The Kier molecular flexibility index (Phi) is 42.0. The van der Waals surface area contributed by atoms with Crippen molar-refractivity contribution >= 4 is 5.91 Å². The Balaban J connectivity index is 2.23.